The van der Waals surface area contributed by atoms with Crippen molar-refractivity contribution in [3.05, 3.63) is 62.5 Å². The Labute approximate surface area is 135 Å². The van der Waals surface area contributed by atoms with Gasteiger partial charge in [0.25, 0.3) is 0 Å². The van der Waals surface area contributed by atoms with Crippen LogP contribution in [-0.4, -0.2) is 6.61 Å². The van der Waals surface area contributed by atoms with Crippen LogP contribution in [0.3, 0.4) is 0 Å². The second-order valence-electron chi connectivity index (χ2n) is 4.03. The molecule has 1 atom stereocenters. The summed E-state index contributed by atoms with van der Waals surface area (Å²) < 4.78 is 7.47. The third kappa shape index (κ3) is 3.74. The predicted octanol–water partition coefficient (Wildman–Crippen LogP) is 5.94. The van der Waals surface area contributed by atoms with E-state index in [1.54, 1.807) is 0 Å². The molecule has 0 bridgehead atoms. The minimum atomic E-state index is -0.182. The molecule has 100 valence electrons. The molecular formula is C15H13Br2ClO. The zero-order chi connectivity index (χ0) is 13.8. The van der Waals surface area contributed by atoms with Gasteiger partial charge >= 0.3 is 0 Å². The Morgan fingerprint density at radius 3 is 2.37 bits per heavy atom. The van der Waals surface area contributed by atoms with Crippen LogP contribution in [-0.2, 0) is 0 Å². The first-order valence-corrected chi connectivity index (χ1v) is 7.96. The van der Waals surface area contributed by atoms with E-state index in [0.29, 0.717) is 6.61 Å². The van der Waals surface area contributed by atoms with Crippen molar-refractivity contribution in [2.75, 3.05) is 6.61 Å². The molecule has 0 saturated carbocycles. The first-order chi connectivity index (χ1) is 9.11. The molecule has 0 heterocycles. The molecule has 0 aliphatic rings. The van der Waals surface area contributed by atoms with Crippen LogP contribution >= 0.6 is 43.5 Å². The largest absolute Gasteiger partial charge is 0.494 e. The van der Waals surface area contributed by atoms with Gasteiger partial charge in [-0.05, 0) is 42.3 Å². The fourth-order valence-electron chi connectivity index (χ4n) is 1.78. The maximum atomic E-state index is 6.53. The number of hydrogen-bond acceptors (Lipinski definition) is 1. The van der Waals surface area contributed by atoms with Gasteiger partial charge in [0, 0.05) is 8.95 Å². The van der Waals surface area contributed by atoms with Crippen LogP contribution in [0.15, 0.2) is 51.4 Å². The molecule has 0 saturated heterocycles. The van der Waals surface area contributed by atoms with Crippen LogP contribution in [0.25, 0.3) is 0 Å². The van der Waals surface area contributed by atoms with Crippen LogP contribution < -0.4 is 4.74 Å². The minimum Gasteiger partial charge on any atom is -0.494 e. The zero-order valence-electron chi connectivity index (χ0n) is 10.4. The lowest BCUT2D eigenvalue weighted by atomic mass is 10.0. The van der Waals surface area contributed by atoms with E-state index in [4.69, 9.17) is 16.3 Å². The summed E-state index contributed by atoms with van der Waals surface area (Å²) in [6.07, 6.45) is 0. The van der Waals surface area contributed by atoms with Gasteiger partial charge < -0.3 is 4.74 Å². The number of benzene rings is 2. The van der Waals surface area contributed by atoms with Gasteiger partial charge in [-0.15, -0.1) is 11.6 Å². The number of halogens is 3. The third-order valence-electron chi connectivity index (χ3n) is 2.72. The third-order valence-corrected chi connectivity index (χ3v) is 4.42. The van der Waals surface area contributed by atoms with Crippen molar-refractivity contribution in [2.24, 2.45) is 0 Å². The normalized spacial score (nSPS) is 12.2. The lowest BCUT2D eigenvalue weighted by Crippen LogP contribution is -1.96. The lowest BCUT2D eigenvalue weighted by Gasteiger charge is -2.14. The van der Waals surface area contributed by atoms with Crippen LogP contribution in [0.2, 0.25) is 0 Å². The second kappa shape index (κ2) is 6.78. The van der Waals surface area contributed by atoms with Gasteiger partial charge in [-0.25, -0.2) is 0 Å². The summed E-state index contributed by atoms with van der Waals surface area (Å²) in [6, 6.07) is 13.9. The summed E-state index contributed by atoms with van der Waals surface area (Å²) in [5.74, 6) is 0.845. The molecule has 0 aliphatic carbocycles. The first kappa shape index (κ1) is 14.9. The van der Waals surface area contributed by atoms with Crippen LogP contribution in [0.5, 0.6) is 5.75 Å². The maximum Gasteiger partial charge on any atom is 0.120 e. The SMILES string of the molecule is CCOc1ccc(C(Cl)c2ccc(Br)cc2)c(Br)c1. The molecule has 2 aromatic rings. The summed E-state index contributed by atoms with van der Waals surface area (Å²) in [7, 11) is 0. The van der Waals surface area contributed by atoms with E-state index >= 15 is 0 Å². The van der Waals surface area contributed by atoms with Gasteiger partial charge in [0.05, 0.1) is 12.0 Å². The fraction of sp³-hybridized carbons (Fsp3) is 0.200. The summed E-state index contributed by atoms with van der Waals surface area (Å²) in [5.41, 5.74) is 2.10. The van der Waals surface area contributed by atoms with E-state index < -0.39 is 0 Å². The quantitative estimate of drug-likeness (QED) is 0.573. The molecule has 0 N–H and O–H groups in total. The van der Waals surface area contributed by atoms with E-state index in [1.807, 2.05) is 49.4 Å². The second-order valence-corrected chi connectivity index (χ2v) is 6.24. The highest BCUT2D eigenvalue weighted by Gasteiger charge is 2.14. The van der Waals surface area contributed by atoms with Crippen LogP contribution in [0, 0.1) is 0 Å². The number of alkyl halides is 1. The fourth-order valence-corrected chi connectivity index (χ4v) is 3.10. The molecule has 19 heavy (non-hydrogen) atoms. The van der Waals surface area contributed by atoms with E-state index in [2.05, 4.69) is 31.9 Å². The molecule has 0 fully saturated rings. The molecule has 0 amide bonds. The van der Waals surface area contributed by atoms with Crippen molar-refractivity contribution < 1.29 is 4.74 Å². The minimum absolute atomic E-state index is 0.182. The highest BCUT2D eigenvalue weighted by Crippen LogP contribution is 2.36. The topological polar surface area (TPSA) is 9.23 Å². The lowest BCUT2D eigenvalue weighted by molar-refractivity contribution is 0.340. The molecule has 0 aliphatic heterocycles. The van der Waals surface area contributed by atoms with Crippen molar-refractivity contribution in [1.29, 1.82) is 0 Å². The summed E-state index contributed by atoms with van der Waals surface area (Å²) in [6.45, 7) is 2.62. The zero-order valence-corrected chi connectivity index (χ0v) is 14.3. The monoisotopic (exact) mass is 402 g/mol. The molecule has 2 rings (SSSR count). The van der Waals surface area contributed by atoms with E-state index in [-0.39, 0.29) is 5.38 Å². The molecule has 0 radical (unpaired) electrons. The van der Waals surface area contributed by atoms with E-state index in [1.165, 1.54) is 0 Å². The smallest absolute Gasteiger partial charge is 0.120 e. The van der Waals surface area contributed by atoms with Gasteiger partial charge in [-0.1, -0.05) is 50.1 Å². The van der Waals surface area contributed by atoms with Crippen molar-refractivity contribution in [3.63, 3.8) is 0 Å². The summed E-state index contributed by atoms with van der Waals surface area (Å²) >= 11 is 13.5. The van der Waals surface area contributed by atoms with Gasteiger partial charge in [-0.2, -0.15) is 0 Å². The van der Waals surface area contributed by atoms with Crippen LogP contribution in [0.1, 0.15) is 23.4 Å². The Bertz CT molecular complexity index is 555. The Morgan fingerprint density at radius 1 is 1.11 bits per heavy atom. The Morgan fingerprint density at radius 2 is 1.79 bits per heavy atom. The average molecular weight is 405 g/mol. The van der Waals surface area contributed by atoms with Crippen molar-refractivity contribution in [2.45, 2.75) is 12.3 Å². The maximum absolute atomic E-state index is 6.53. The standard InChI is InChI=1S/C15H13Br2ClO/c1-2-19-12-7-8-13(14(17)9-12)15(18)10-3-5-11(16)6-4-10/h3-9,15H,2H2,1H3. The molecule has 2 aromatic carbocycles. The van der Waals surface area contributed by atoms with Crippen molar-refractivity contribution in [1.82, 2.24) is 0 Å². The number of hydrogen-bond donors (Lipinski definition) is 0. The van der Waals surface area contributed by atoms with Gasteiger partial charge in [-0.3, -0.25) is 0 Å². The molecule has 0 aromatic heterocycles. The number of ether oxygens (including phenoxy) is 1. The predicted molar refractivity (Wildman–Crippen MR) is 87.1 cm³/mol. The highest BCUT2D eigenvalue weighted by atomic mass is 79.9. The van der Waals surface area contributed by atoms with Crippen LogP contribution in [0.4, 0.5) is 0 Å². The van der Waals surface area contributed by atoms with E-state index in [0.717, 1.165) is 25.8 Å². The van der Waals surface area contributed by atoms with Crippen molar-refractivity contribution >= 4 is 43.5 Å². The molecule has 1 unspecified atom stereocenters. The molecule has 4 heteroatoms. The molecule has 0 spiro atoms. The first-order valence-electron chi connectivity index (χ1n) is 5.93. The summed E-state index contributed by atoms with van der Waals surface area (Å²) in [5, 5.41) is -0.182. The van der Waals surface area contributed by atoms with Crippen molar-refractivity contribution in [3.8, 4) is 5.75 Å². The highest BCUT2D eigenvalue weighted by molar-refractivity contribution is 9.10. The average Bonchev–Trinajstić information content (AvgIpc) is 2.39. The molecular weight excluding hydrogens is 391 g/mol. The Hall–Kier alpha value is -0.510. The van der Waals surface area contributed by atoms with Gasteiger partial charge in [0.15, 0.2) is 0 Å². The Balaban J connectivity index is 2.28. The Kier molecular flexibility index (Phi) is 5.31. The molecule has 1 nitrogen and oxygen atoms in total. The number of rotatable bonds is 4. The van der Waals surface area contributed by atoms with Gasteiger partial charge in [0.1, 0.15) is 5.75 Å². The van der Waals surface area contributed by atoms with E-state index in [9.17, 15) is 0 Å². The van der Waals surface area contributed by atoms with Gasteiger partial charge in [0.2, 0.25) is 0 Å². The summed E-state index contributed by atoms with van der Waals surface area (Å²) in [4.78, 5) is 0.